The topological polar surface area (TPSA) is 58.4 Å². The molecule has 1 N–H and O–H groups in total. The minimum absolute atomic E-state index is 0.186. The molecule has 0 bridgehead atoms. The van der Waals surface area contributed by atoms with Crippen LogP contribution >= 0.6 is 11.6 Å². The van der Waals surface area contributed by atoms with E-state index >= 15 is 0 Å². The van der Waals surface area contributed by atoms with E-state index in [2.05, 4.69) is 27.5 Å². The minimum atomic E-state index is -0.186. The third-order valence-corrected chi connectivity index (χ3v) is 4.78. The lowest BCUT2D eigenvalue weighted by molar-refractivity contribution is 0.0916. The van der Waals surface area contributed by atoms with E-state index in [-0.39, 0.29) is 5.91 Å². The Morgan fingerprint density at radius 1 is 1.40 bits per heavy atom. The summed E-state index contributed by atoms with van der Waals surface area (Å²) in [5, 5.41) is 7.72. The molecule has 1 aliphatic rings. The van der Waals surface area contributed by atoms with Crippen molar-refractivity contribution in [3.05, 3.63) is 52.4 Å². The Kier molecular flexibility index (Phi) is 6.10. The largest absolute Gasteiger partial charge is 0.351 e. The van der Waals surface area contributed by atoms with Gasteiger partial charge in [-0.2, -0.15) is 0 Å². The molecule has 0 spiro atoms. The van der Waals surface area contributed by atoms with Gasteiger partial charge in [0.25, 0.3) is 5.91 Å². The summed E-state index contributed by atoms with van der Waals surface area (Å²) in [5.74, 6) is 0.422. The molecule has 1 saturated heterocycles. The lowest BCUT2D eigenvalue weighted by atomic mass is 9.94. The van der Waals surface area contributed by atoms with Gasteiger partial charge in [0.05, 0.1) is 5.69 Å². The first-order valence-corrected chi connectivity index (χ1v) is 9.25. The number of halogens is 1. The van der Waals surface area contributed by atoms with Crippen molar-refractivity contribution in [1.29, 1.82) is 0 Å². The van der Waals surface area contributed by atoms with Crippen molar-refractivity contribution in [1.82, 2.24) is 15.4 Å². The van der Waals surface area contributed by atoms with E-state index in [1.807, 2.05) is 19.1 Å². The number of aromatic nitrogens is 1. The summed E-state index contributed by atoms with van der Waals surface area (Å²) in [7, 11) is 0. The molecule has 0 saturated carbocycles. The molecule has 25 heavy (non-hydrogen) atoms. The van der Waals surface area contributed by atoms with Crippen LogP contribution in [0.2, 0.25) is 5.02 Å². The van der Waals surface area contributed by atoms with Gasteiger partial charge in [0.1, 0.15) is 0 Å². The number of benzene rings is 1. The Hall–Kier alpha value is -1.85. The Morgan fingerprint density at radius 2 is 2.20 bits per heavy atom. The Labute approximate surface area is 153 Å². The average molecular weight is 362 g/mol. The predicted octanol–water partition coefficient (Wildman–Crippen LogP) is 3.85. The first-order chi connectivity index (χ1) is 12.2. The van der Waals surface area contributed by atoms with Crippen molar-refractivity contribution in [2.45, 2.75) is 38.6 Å². The van der Waals surface area contributed by atoms with Crippen LogP contribution in [0.3, 0.4) is 0 Å². The lowest BCUT2D eigenvalue weighted by Gasteiger charge is -2.31. The highest BCUT2D eigenvalue weighted by atomic mass is 35.5. The number of rotatable bonds is 6. The SMILES string of the molecule is CCCNC(=O)c1cc(C2CCCN(Cc3ccc(Cl)cc3)C2)no1. The van der Waals surface area contributed by atoms with Gasteiger partial charge in [0.2, 0.25) is 5.76 Å². The molecule has 2 aromatic rings. The number of carbonyl (C=O) groups excluding carboxylic acids is 1. The van der Waals surface area contributed by atoms with E-state index in [0.717, 1.165) is 49.6 Å². The molecule has 0 radical (unpaired) electrons. The number of nitrogens with one attached hydrogen (secondary N) is 1. The fourth-order valence-electron chi connectivity index (χ4n) is 3.20. The summed E-state index contributed by atoms with van der Waals surface area (Å²) in [6.45, 7) is 5.55. The fourth-order valence-corrected chi connectivity index (χ4v) is 3.33. The van der Waals surface area contributed by atoms with E-state index < -0.39 is 0 Å². The van der Waals surface area contributed by atoms with E-state index in [0.29, 0.717) is 18.2 Å². The highest BCUT2D eigenvalue weighted by Crippen LogP contribution is 2.27. The van der Waals surface area contributed by atoms with Crippen LogP contribution in [0.5, 0.6) is 0 Å². The van der Waals surface area contributed by atoms with Gasteiger partial charge in [-0.05, 0) is 43.5 Å². The second kappa shape index (κ2) is 8.50. The lowest BCUT2D eigenvalue weighted by Crippen LogP contribution is -2.34. The van der Waals surface area contributed by atoms with Crippen molar-refractivity contribution in [2.24, 2.45) is 0 Å². The molecule has 1 amide bonds. The first kappa shape index (κ1) is 18.0. The number of nitrogens with zero attached hydrogens (tertiary/aromatic N) is 2. The van der Waals surface area contributed by atoms with Gasteiger partial charge in [-0.1, -0.05) is 35.8 Å². The zero-order valence-corrected chi connectivity index (χ0v) is 15.3. The van der Waals surface area contributed by atoms with Crippen molar-refractivity contribution in [3.8, 4) is 0 Å². The van der Waals surface area contributed by atoms with Crippen LogP contribution in [-0.4, -0.2) is 35.6 Å². The van der Waals surface area contributed by atoms with E-state index in [4.69, 9.17) is 16.1 Å². The normalized spacial score (nSPS) is 18.2. The summed E-state index contributed by atoms with van der Waals surface area (Å²) in [6, 6.07) is 9.78. The van der Waals surface area contributed by atoms with Crippen LogP contribution in [0.4, 0.5) is 0 Å². The van der Waals surface area contributed by atoms with Crippen LogP contribution in [0.15, 0.2) is 34.9 Å². The second-order valence-electron chi connectivity index (χ2n) is 6.57. The molecule has 134 valence electrons. The van der Waals surface area contributed by atoms with Crippen LogP contribution in [0.25, 0.3) is 0 Å². The van der Waals surface area contributed by atoms with Crippen LogP contribution in [-0.2, 0) is 6.54 Å². The summed E-state index contributed by atoms with van der Waals surface area (Å²) < 4.78 is 5.25. The maximum Gasteiger partial charge on any atom is 0.289 e. The molecular formula is C19H24ClN3O2. The summed E-state index contributed by atoms with van der Waals surface area (Å²) >= 11 is 5.95. The van der Waals surface area contributed by atoms with Gasteiger partial charge in [-0.3, -0.25) is 9.69 Å². The smallest absolute Gasteiger partial charge is 0.289 e. The van der Waals surface area contributed by atoms with E-state index in [1.165, 1.54) is 5.56 Å². The number of amides is 1. The molecule has 1 aliphatic heterocycles. The zero-order valence-electron chi connectivity index (χ0n) is 14.5. The molecule has 1 unspecified atom stereocenters. The molecule has 6 heteroatoms. The third-order valence-electron chi connectivity index (χ3n) is 4.53. The third kappa shape index (κ3) is 4.83. The number of hydrogen-bond donors (Lipinski definition) is 1. The molecule has 1 atom stereocenters. The number of piperidine rings is 1. The maximum atomic E-state index is 12.0. The Balaban J connectivity index is 1.60. The van der Waals surface area contributed by atoms with Gasteiger partial charge in [0, 0.05) is 36.6 Å². The number of carbonyl (C=O) groups is 1. The molecule has 1 aromatic heterocycles. The monoisotopic (exact) mass is 361 g/mol. The Bertz CT molecular complexity index is 699. The summed E-state index contributed by atoms with van der Waals surface area (Å²) in [6.07, 6.45) is 3.08. The molecular weight excluding hydrogens is 338 g/mol. The molecule has 1 aromatic carbocycles. The summed E-state index contributed by atoms with van der Waals surface area (Å²) in [4.78, 5) is 14.4. The molecule has 2 heterocycles. The minimum Gasteiger partial charge on any atom is -0.351 e. The van der Waals surface area contributed by atoms with Crippen molar-refractivity contribution >= 4 is 17.5 Å². The molecule has 3 rings (SSSR count). The van der Waals surface area contributed by atoms with E-state index in [9.17, 15) is 4.79 Å². The van der Waals surface area contributed by atoms with Gasteiger partial charge < -0.3 is 9.84 Å². The molecule has 5 nitrogen and oxygen atoms in total. The fraction of sp³-hybridized carbons (Fsp3) is 0.474. The summed E-state index contributed by atoms with van der Waals surface area (Å²) in [5.41, 5.74) is 2.13. The highest BCUT2D eigenvalue weighted by Gasteiger charge is 2.25. The molecule has 1 fully saturated rings. The quantitative estimate of drug-likeness (QED) is 0.849. The van der Waals surface area contributed by atoms with Gasteiger partial charge >= 0.3 is 0 Å². The van der Waals surface area contributed by atoms with Crippen LogP contribution in [0, 0.1) is 0 Å². The number of likely N-dealkylation sites (tertiary alicyclic amines) is 1. The second-order valence-corrected chi connectivity index (χ2v) is 7.01. The van der Waals surface area contributed by atoms with Crippen LogP contribution in [0.1, 0.15) is 53.9 Å². The average Bonchev–Trinajstić information content (AvgIpc) is 3.12. The van der Waals surface area contributed by atoms with Crippen molar-refractivity contribution < 1.29 is 9.32 Å². The first-order valence-electron chi connectivity index (χ1n) is 8.87. The van der Waals surface area contributed by atoms with E-state index in [1.54, 1.807) is 6.07 Å². The van der Waals surface area contributed by atoms with Crippen LogP contribution < -0.4 is 5.32 Å². The number of hydrogen-bond acceptors (Lipinski definition) is 4. The van der Waals surface area contributed by atoms with Crippen molar-refractivity contribution in [2.75, 3.05) is 19.6 Å². The maximum absolute atomic E-state index is 12.0. The highest BCUT2D eigenvalue weighted by molar-refractivity contribution is 6.30. The standard InChI is InChI=1S/C19H24ClN3O2/c1-2-9-21-19(24)18-11-17(22-25-18)15-4-3-10-23(13-15)12-14-5-7-16(20)8-6-14/h5-8,11,15H,2-4,9-10,12-13H2,1H3,(H,21,24). The Morgan fingerprint density at radius 3 is 2.96 bits per heavy atom. The predicted molar refractivity (Wildman–Crippen MR) is 97.8 cm³/mol. The van der Waals surface area contributed by atoms with Crippen molar-refractivity contribution in [3.63, 3.8) is 0 Å². The van der Waals surface area contributed by atoms with Gasteiger partial charge in [-0.15, -0.1) is 0 Å². The van der Waals surface area contributed by atoms with Gasteiger partial charge in [0.15, 0.2) is 0 Å². The molecule has 0 aliphatic carbocycles. The van der Waals surface area contributed by atoms with Gasteiger partial charge in [-0.25, -0.2) is 0 Å². The zero-order chi connectivity index (χ0) is 17.6.